The molecule has 1 fully saturated rings. The van der Waals surface area contributed by atoms with Crippen molar-refractivity contribution in [2.45, 2.75) is 57.5 Å². The maximum atomic E-state index is 15.4. The SMILES string of the molecule is CC/C=C/[C@@H]1CC[C@@H]2c3cc(F)c(-c4ccc(C(F)(F)F)cc4)c(F)c3CC[C@@H]2C1. The van der Waals surface area contributed by atoms with Gasteiger partial charge in [0.15, 0.2) is 0 Å². The number of allylic oxidation sites excluding steroid dienone is 2. The molecule has 2 aromatic carbocycles. The van der Waals surface area contributed by atoms with Gasteiger partial charge in [-0.05, 0) is 91.2 Å². The highest BCUT2D eigenvalue weighted by Crippen LogP contribution is 2.49. The molecule has 0 nitrogen and oxygen atoms in total. The molecule has 2 aliphatic carbocycles. The van der Waals surface area contributed by atoms with Crippen LogP contribution in [0.4, 0.5) is 22.0 Å². The molecule has 160 valence electrons. The average molecular weight is 420 g/mol. The molecule has 0 bridgehead atoms. The van der Waals surface area contributed by atoms with Crippen LogP contribution >= 0.6 is 0 Å². The molecular formula is C25H25F5. The van der Waals surface area contributed by atoms with E-state index < -0.39 is 23.4 Å². The van der Waals surface area contributed by atoms with Gasteiger partial charge in [-0.2, -0.15) is 13.2 Å². The van der Waals surface area contributed by atoms with E-state index in [0.29, 0.717) is 23.8 Å². The van der Waals surface area contributed by atoms with Crippen molar-refractivity contribution in [2.75, 3.05) is 0 Å². The second-order valence-electron chi connectivity index (χ2n) is 8.51. The van der Waals surface area contributed by atoms with Gasteiger partial charge in [-0.25, -0.2) is 8.78 Å². The van der Waals surface area contributed by atoms with Crippen LogP contribution in [0.3, 0.4) is 0 Å². The molecule has 0 aliphatic heterocycles. The van der Waals surface area contributed by atoms with Crippen molar-refractivity contribution in [1.29, 1.82) is 0 Å². The van der Waals surface area contributed by atoms with Crippen molar-refractivity contribution in [3.05, 3.63) is 70.8 Å². The lowest BCUT2D eigenvalue weighted by atomic mass is 9.65. The molecule has 5 heteroatoms. The number of halogens is 5. The highest BCUT2D eigenvalue weighted by atomic mass is 19.4. The summed E-state index contributed by atoms with van der Waals surface area (Å²) in [4.78, 5) is 0. The van der Waals surface area contributed by atoms with Crippen LogP contribution in [-0.2, 0) is 12.6 Å². The van der Waals surface area contributed by atoms with Crippen molar-refractivity contribution in [1.82, 2.24) is 0 Å². The fraction of sp³-hybridized carbons (Fsp3) is 0.440. The van der Waals surface area contributed by atoms with Crippen LogP contribution < -0.4 is 0 Å². The minimum atomic E-state index is -4.48. The number of fused-ring (bicyclic) bond motifs is 3. The van der Waals surface area contributed by atoms with Gasteiger partial charge >= 0.3 is 6.18 Å². The molecule has 0 N–H and O–H groups in total. The molecule has 0 saturated heterocycles. The topological polar surface area (TPSA) is 0 Å². The van der Waals surface area contributed by atoms with Crippen LogP contribution in [0.15, 0.2) is 42.5 Å². The lowest BCUT2D eigenvalue weighted by Gasteiger charge is -2.40. The van der Waals surface area contributed by atoms with Crippen molar-refractivity contribution < 1.29 is 22.0 Å². The zero-order valence-electron chi connectivity index (χ0n) is 16.9. The summed E-state index contributed by atoms with van der Waals surface area (Å²) < 4.78 is 68.8. The molecule has 0 spiro atoms. The fourth-order valence-electron chi connectivity index (χ4n) is 5.22. The molecule has 0 heterocycles. The Hall–Kier alpha value is -2.17. The quantitative estimate of drug-likeness (QED) is 0.348. The van der Waals surface area contributed by atoms with Crippen molar-refractivity contribution in [2.24, 2.45) is 11.8 Å². The van der Waals surface area contributed by atoms with Crippen LogP contribution in [0.1, 0.15) is 61.6 Å². The van der Waals surface area contributed by atoms with Gasteiger partial charge in [0.2, 0.25) is 0 Å². The summed E-state index contributed by atoms with van der Waals surface area (Å²) in [5, 5.41) is 0. The van der Waals surface area contributed by atoms with E-state index in [2.05, 4.69) is 19.1 Å². The van der Waals surface area contributed by atoms with Crippen LogP contribution in [0.25, 0.3) is 11.1 Å². The number of benzene rings is 2. The molecule has 3 atom stereocenters. The van der Waals surface area contributed by atoms with Gasteiger partial charge in [-0.15, -0.1) is 0 Å². The molecule has 0 unspecified atom stereocenters. The predicted molar refractivity (Wildman–Crippen MR) is 108 cm³/mol. The van der Waals surface area contributed by atoms with E-state index in [1.54, 1.807) is 0 Å². The second-order valence-corrected chi connectivity index (χ2v) is 8.51. The normalized spacial score (nSPS) is 24.0. The molecule has 30 heavy (non-hydrogen) atoms. The van der Waals surface area contributed by atoms with Gasteiger partial charge in [-0.1, -0.05) is 31.2 Å². The lowest BCUT2D eigenvalue weighted by Crippen LogP contribution is -2.28. The summed E-state index contributed by atoms with van der Waals surface area (Å²) in [6.07, 6.45) is 5.38. The van der Waals surface area contributed by atoms with E-state index in [-0.39, 0.29) is 17.0 Å². The third-order valence-electron chi connectivity index (χ3n) is 6.69. The molecule has 0 aromatic heterocycles. The van der Waals surface area contributed by atoms with Gasteiger partial charge < -0.3 is 0 Å². The van der Waals surface area contributed by atoms with E-state index in [1.807, 2.05) is 0 Å². The minimum absolute atomic E-state index is 0.135. The van der Waals surface area contributed by atoms with Crippen molar-refractivity contribution >= 4 is 0 Å². The monoisotopic (exact) mass is 420 g/mol. The molecule has 0 radical (unpaired) electrons. The van der Waals surface area contributed by atoms with Gasteiger partial charge in [-0.3, -0.25) is 0 Å². The molecular weight excluding hydrogens is 395 g/mol. The Morgan fingerprint density at radius 1 is 1.03 bits per heavy atom. The van der Waals surface area contributed by atoms with Gasteiger partial charge in [0.1, 0.15) is 11.6 Å². The first-order valence-corrected chi connectivity index (χ1v) is 10.6. The smallest absolute Gasteiger partial charge is 0.206 e. The van der Waals surface area contributed by atoms with E-state index in [4.69, 9.17) is 0 Å². The summed E-state index contributed by atoms with van der Waals surface area (Å²) in [7, 11) is 0. The largest absolute Gasteiger partial charge is 0.416 e. The third kappa shape index (κ3) is 3.91. The van der Waals surface area contributed by atoms with Crippen LogP contribution in [0.2, 0.25) is 0 Å². The van der Waals surface area contributed by atoms with E-state index >= 15 is 4.39 Å². The molecule has 4 rings (SSSR count). The first kappa shape index (κ1) is 21.1. The molecule has 1 saturated carbocycles. The Bertz CT molecular complexity index is 939. The summed E-state index contributed by atoms with van der Waals surface area (Å²) in [6.45, 7) is 2.11. The number of rotatable bonds is 3. The molecule has 0 amide bonds. The number of alkyl halides is 3. The van der Waals surface area contributed by atoms with Crippen LogP contribution in [0.5, 0.6) is 0 Å². The molecule has 2 aromatic rings. The van der Waals surface area contributed by atoms with Crippen LogP contribution in [0, 0.1) is 23.5 Å². The first-order chi connectivity index (χ1) is 14.3. The van der Waals surface area contributed by atoms with E-state index in [0.717, 1.165) is 61.9 Å². The maximum Gasteiger partial charge on any atom is 0.416 e. The summed E-state index contributed by atoms with van der Waals surface area (Å²) in [5.41, 5.74) is 0.378. The van der Waals surface area contributed by atoms with Crippen molar-refractivity contribution in [3.63, 3.8) is 0 Å². The Kier molecular flexibility index (Phi) is 5.73. The number of hydrogen-bond acceptors (Lipinski definition) is 0. The first-order valence-electron chi connectivity index (χ1n) is 10.6. The zero-order chi connectivity index (χ0) is 21.5. The van der Waals surface area contributed by atoms with E-state index in [9.17, 15) is 17.6 Å². The molecule has 2 aliphatic rings. The zero-order valence-corrected chi connectivity index (χ0v) is 16.9. The summed E-state index contributed by atoms with van der Waals surface area (Å²) in [6, 6.07) is 5.47. The second kappa shape index (κ2) is 8.16. The Labute approximate surface area is 173 Å². The van der Waals surface area contributed by atoms with Gasteiger partial charge in [0.05, 0.1) is 11.1 Å². The standard InChI is InChI=1S/C25H25F5/c1-2-3-4-15-5-11-19-17(13-15)8-12-20-21(19)14-22(26)23(24(20)27)16-6-9-18(10-7-16)25(28,29)30/h3-4,6-7,9-10,14-15,17,19H,2,5,8,11-13H2,1H3/b4-3+/t15-,17-,19+/m1/s1. The Morgan fingerprint density at radius 2 is 1.77 bits per heavy atom. The summed E-state index contributed by atoms with van der Waals surface area (Å²) >= 11 is 0. The van der Waals surface area contributed by atoms with Crippen molar-refractivity contribution in [3.8, 4) is 11.1 Å². The average Bonchev–Trinajstić information content (AvgIpc) is 2.71. The lowest BCUT2D eigenvalue weighted by molar-refractivity contribution is -0.137. The van der Waals surface area contributed by atoms with Crippen LogP contribution in [-0.4, -0.2) is 0 Å². The third-order valence-corrected chi connectivity index (χ3v) is 6.69. The predicted octanol–water partition coefficient (Wildman–Crippen LogP) is 8.06. The highest BCUT2D eigenvalue weighted by molar-refractivity contribution is 5.67. The maximum absolute atomic E-state index is 15.4. The minimum Gasteiger partial charge on any atom is -0.206 e. The Morgan fingerprint density at radius 3 is 2.43 bits per heavy atom. The highest BCUT2D eigenvalue weighted by Gasteiger charge is 2.37. The fourth-order valence-corrected chi connectivity index (χ4v) is 5.22. The summed E-state index contributed by atoms with van der Waals surface area (Å²) in [5.74, 6) is -0.191. The van der Waals surface area contributed by atoms with E-state index in [1.165, 1.54) is 6.07 Å². The van der Waals surface area contributed by atoms with Gasteiger partial charge in [0, 0.05) is 0 Å². The number of hydrogen-bond donors (Lipinski definition) is 0. The van der Waals surface area contributed by atoms with Gasteiger partial charge in [0.25, 0.3) is 0 Å². The Balaban J connectivity index is 1.65.